The Labute approximate surface area is 226 Å². The molecule has 0 fully saturated rings. The van der Waals surface area contributed by atoms with Crippen LogP contribution in [0, 0.1) is 5.92 Å². The van der Waals surface area contributed by atoms with Gasteiger partial charge in [-0.1, -0.05) is 48.6 Å². The lowest BCUT2D eigenvalue weighted by Crippen LogP contribution is -2.33. The average molecular weight is 526 g/mol. The van der Waals surface area contributed by atoms with Gasteiger partial charge >= 0.3 is 11.9 Å². The van der Waals surface area contributed by atoms with E-state index in [0.29, 0.717) is 11.3 Å². The summed E-state index contributed by atoms with van der Waals surface area (Å²) in [6.45, 7) is 5.81. The molecule has 1 atom stereocenters. The molecule has 1 N–H and O–H groups in total. The average Bonchev–Trinajstić information content (AvgIpc) is 3.18. The zero-order valence-corrected chi connectivity index (χ0v) is 22.7. The minimum atomic E-state index is -0.858. The SMILES string of the molecule is CC(C)(C)OC(=O)C1Cc2c(ccc3ccccc23)C2=C1CCC=C2.O=C(O)c1cc2c(s1)C=CN=CC2. The number of allylic oxidation sites excluding steroid dienone is 3. The molecule has 6 heteroatoms. The number of carboxylic acids is 1. The number of ether oxygens (including phenoxy) is 1. The van der Waals surface area contributed by atoms with Gasteiger partial charge in [-0.2, -0.15) is 0 Å². The summed E-state index contributed by atoms with van der Waals surface area (Å²) in [5.74, 6) is -1.12. The van der Waals surface area contributed by atoms with E-state index in [0.717, 1.165) is 29.7 Å². The Morgan fingerprint density at radius 2 is 1.92 bits per heavy atom. The Balaban J connectivity index is 0.000000190. The Morgan fingerprint density at radius 3 is 2.71 bits per heavy atom. The molecule has 0 saturated heterocycles. The molecular weight excluding hydrogens is 494 g/mol. The third-order valence-electron chi connectivity index (χ3n) is 6.84. The quantitative estimate of drug-likeness (QED) is 0.352. The first-order chi connectivity index (χ1) is 18.2. The van der Waals surface area contributed by atoms with Gasteiger partial charge < -0.3 is 9.84 Å². The van der Waals surface area contributed by atoms with Crippen LogP contribution in [-0.2, 0) is 22.4 Å². The van der Waals surface area contributed by atoms with Crippen molar-refractivity contribution in [3.05, 3.63) is 92.8 Å². The molecule has 0 saturated carbocycles. The molecule has 0 amide bonds. The zero-order chi connectivity index (χ0) is 26.9. The van der Waals surface area contributed by atoms with Crippen molar-refractivity contribution in [3.8, 4) is 0 Å². The van der Waals surface area contributed by atoms with Crippen LogP contribution in [0.15, 0.2) is 71.4 Å². The number of hydrogen-bond donors (Lipinski definition) is 1. The number of fused-ring (bicyclic) bond motifs is 5. The standard InChI is InChI=1S/C23H24O2.C9H7NO2S/c1-23(2,3)25-22(24)21-14-20-16-9-5-4-8-15(16)12-13-19(20)17-10-6-7-11-18(17)21;11-9(12)8-5-6-1-3-10-4-2-7(6)13-8/h4-6,8-10,12-13,21H,7,11,14H2,1-3H3;2-5H,1H2,(H,11,12). The smallest absolute Gasteiger partial charge is 0.345 e. The van der Waals surface area contributed by atoms with E-state index in [1.54, 1.807) is 18.5 Å². The lowest BCUT2D eigenvalue weighted by atomic mass is 9.74. The fourth-order valence-corrected chi connectivity index (χ4v) is 6.14. The minimum absolute atomic E-state index is 0.0890. The summed E-state index contributed by atoms with van der Waals surface area (Å²) in [6.07, 6.45) is 13.1. The molecule has 1 unspecified atom stereocenters. The van der Waals surface area contributed by atoms with Gasteiger partial charge in [0.2, 0.25) is 0 Å². The van der Waals surface area contributed by atoms with E-state index >= 15 is 0 Å². The van der Waals surface area contributed by atoms with Crippen molar-refractivity contribution in [1.29, 1.82) is 0 Å². The van der Waals surface area contributed by atoms with Gasteiger partial charge in [-0.3, -0.25) is 9.79 Å². The first-order valence-corrected chi connectivity index (χ1v) is 13.7. The van der Waals surface area contributed by atoms with Gasteiger partial charge in [0, 0.05) is 23.7 Å². The highest BCUT2D eigenvalue weighted by Gasteiger charge is 2.35. The third kappa shape index (κ3) is 5.41. The van der Waals surface area contributed by atoms with Crippen LogP contribution in [0.3, 0.4) is 0 Å². The van der Waals surface area contributed by atoms with Gasteiger partial charge in [0.1, 0.15) is 10.5 Å². The lowest BCUT2D eigenvalue weighted by Gasteiger charge is -2.33. The molecule has 2 aliphatic carbocycles. The summed E-state index contributed by atoms with van der Waals surface area (Å²) in [5, 5.41) is 11.2. The highest BCUT2D eigenvalue weighted by molar-refractivity contribution is 7.15. The second kappa shape index (κ2) is 10.5. The molecule has 2 aromatic carbocycles. The second-order valence-corrected chi connectivity index (χ2v) is 11.7. The van der Waals surface area contributed by atoms with Crippen molar-refractivity contribution in [2.75, 3.05) is 0 Å². The Kier molecular flexibility index (Phi) is 7.17. The van der Waals surface area contributed by atoms with E-state index in [1.807, 2.05) is 26.8 Å². The van der Waals surface area contributed by atoms with E-state index in [1.165, 1.54) is 44.4 Å². The van der Waals surface area contributed by atoms with Crippen LogP contribution in [-0.4, -0.2) is 28.9 Å². The number of aliphatic imine (C=N–C) groups is 1. The molecule has 1 aromatic heterocycles. The molecule has 38 heavy (non-hydrogen) atoms. The molecule has 3 aromatic rings. The van der Waals surface area contributed by atoms with Crippen molar-refractivity contribution in [2.45, 2.75) is 52.1 Å². The molecule has 194 valence electrons. The molecule has 6 rings (SSSR count). The van der Waals surface area contributed by atoms with Crippen LogP contribution in [0.1, 0.15) is 64.9 Å². The summed E-state index contributed by atoms with van der Waals surface area (Å²) in [4.78, 5) is 29.0. The van der Waals surface area contributed by atoms with E-state index in [9.17, 15) is 9.59 Å². The second-order valence-electron chi connectivity index (χ2n) is 10.6. The highest BCUT2D eigenvalue weighted by atomic mass is 32.1. The van der Waals surface area contributed by atoms with Crippen molar-refractivity contribution in [3.63, 3.8) is 0 Å². The summed E-state index contributed by atoms with van der Waals surface area (Å²) in [7, 11) is 0. The number of hydrogen-bond acceptors (Lipinski definition) is 5. The van der Waals surface area contributed by atoms with Crippen LogP contribution in [0.5, 0.6) is 0 Å². The molecule has 5 nitrogen and oxygen atoms in total. The lowest BCUT2D eigenvalue weighted by molar-refractivity contribution is -0.158. The fraction of sp³-hybridized carbons (Fsp3) is 0.281. The van der Waals surface area contributed by atoms with Gasteiger partial charge in [-0.15, -0.1) is 11.3 Å². The van der Waals surface area contributed by atoms with E-state index in [-0.39, 0.29) is 11.9 Å². The molecule has 0 bridgehead atoms. The van der Waals surface area contributed by atoms with Gasteiger partial charge in [0.05, 0.1) is 5.92 Å². The number of nitrogens with zero attached hydrogens (tertiary/aromatic N) is 1. The largest absolute Gasteiger partial charge is 0.477 e. The van der Waals surface area contributed by atoms with Crippen LogP contribution < -0.4 is 0 Å². The molecule has 0 radical (unpaired) electrons. The topological polar surface area (TPSA) is 76.0 Å². The highest BCUT2D eigenvalue weighted by Crippen LogP contribution is 2.43. The molecular formula is C32H31NO4S. The van der Waals surface area contributed by atoms with E-state index in [4.69, 9.17) is 9.84 Å². The maximum Gasteiger partial charge on any atom is 0.345 e. The number of esters is 1. The number of benzene rings is 2. The molecule has 3 aliphatic rings. The minimum Gasteiger partial charge on any atom is -0.477 e. The molecule has 0 spiro atoms. The first kappa shape index (κ1) is 25.9. The normalized spacial score (nSPS) is 17.6. The fourth-order valence-electron chi connectivity index (χ4n) is 5.21. The molecule has 2 heterocycles. The van der Waals surface area contributed by atoms with Crippen LogP contribution in [0.25, 0.3) is 22.4 Å². The Hall–Kier alpha value is -3.77. The van der Waals surface area contributed by atoms with Gasteiger partial charge in [-0.05, 0) is 90.8 Å². The van der Waals surface area contributed by atoms with Gasteiger partial charge in [0.15, 0.2) is 0 Å². The number of aromatic carboxylic acids is 1. The van der Waals surface area contributed by atoms with Crippen LogP contribution >= 0.6 is 11.3 Å². The van der Waals surface area contributed by atoms with Crippen molar-refractivity contribution >= 4 is 51.9 Å². The Morgan fingerprint density at radius 1 is 1.11 bits per heavy atom. The summed E-state index contributed by atoms with van der Waals surface area (Å²) in [5.41, 5.74) is 5.62. The van der Waals surface area contributed by atoms with Crippen molar-refractivity contribution in [2.24, 2.45) is 10.9 Å². The van der Waals surface area contributed by atoms with Crippen molar-refractivity contribution < 1.29 is 19.4 Å². The van der Waals surface area contributed by atoms with E-state index < -0.39 is 11.6 Å². The third-order valence-corrected chi connectivity index (χ3v) is 7.97. The number of rotatable bonds is 2. The summed E-state index contributed by atoms with van der Waals surface area (Å²) >= 11 is 1.29. The monoisotopic (exact) mass is 525 g/mol. The number of carbonyl (C=O) groups is 2. The van der Waals surface area contributed by atoms with Gasteiger partial charge in [0.25, 0.3) is 0 Å². The summed E-state index contributed by atoms with van der Waals surface area (Å²) in [6, 6.07) is 14.6. The van der Waals surface area contributed by atoms with Crippen LogP contribution in [0.4, 0.5) is 0 Å². The maximum atomic E-state index is 12.9. The number of carboxylic acid groups (broad SMARTS) is 1. The van der Waals surface area contributed by atoms with E-state index in [2.05, 4.69) is 53.5 Å². The predicted octanol–water partition coefficient (Wildman–Crippen LogP) is 7.50. The van der Waals surface area contributed by atoms with Crippen LogP contribution in [0.2, 0.25) is 0 Å². The zero-order valence-electron chi connectivity index (χ0n) is 21.9. The van der Waals surface area contributed by atoms with Crippen molar-refractivity contribution in [1.82, 2.24) is 0 Å². The number of carbonyl (C=O) groups excluding carboxylic acids is 1. The first-order valence-electron chi connectivity index (χ1n) is 12.9. The number of thiophene rings is 1. The molecule has 1 aliphatic heterocycles. The van der Waals surface area contributed by atoms with Gasteiger partial charge in [-0.25, -0.2) is 4.79 Å². The Bertz CT molecular complexity index is 1530. The maximum absolute atomic E-state index is 12.9. The summed E-state index contributed by atoms with van der Waals surface area (Å²) < 4.78 is 5.76. The predicted molar refractivity (Wildman–Crippen MR) is 155 cm³/mol.